The molecule has 7 nitrogen and oxygen atoms in total. The third-order valence-electron chi connectivity index (χ3n) is 5.08. The molecule has 4 aromatic rings. The highest BCUT2D eigenvalue weighted by Gasteiger charge is 2.19. The lowest BCUT2D eigenvalue weighted by Gasteiger charge is -2.14. The van der Waals surface area contributed by atoms with Crippen molar-refractivity contribution in [3.63, 3.8) is 0 Å². The maximum atomic E-state index is 12.7. The van der Waals surface area contributed by atoms with Crippen LogP contribution < -0.4 is 10.1 Å². The van der Waals surface area contributed by atoms with E-state index in [2.05, 4.69) is 46.5 Å². The molecule has 8 heteroatoms. The molecule has 0 saturated carbocycles. The first-order chi connectivity index (χ1) is 16.0. The number of nitrogens with zero attached hydrogens (tertiary/aromatic N) is 4. The molecule has 0 saturated heterocycles. The second-order valence-corrected chi connectivity index (χ2v) is 8.63. The molecule has 2 aromatic carbocycles. The van der Waals surface area contributed by atoms with Gasteiger partial charge in [-0.2, -0.15) is 0 Å². The molecule has 168 valence electrons. The summed E-state index contributed by atoms with van der Waals surface area (Å²) in [6.45, 7) is 6.08. The summed E-state index contributed by atoms with van der Waals surface area (Å²) in [4.78, 5) is 17.2. The molecule has 33 heavy (non-hydrogen) atoms. The average Bonchev–Trinajstić information content (AvgIpc) is 3.22. The topological polar surface area (TPSA) is 81.9 Å². The van der Waals surface area contributed by atoms with Crippen LogP contribution in [0, 0.1) is 20.8 Å². The van der Waals surface area contributed by atoms with Gasteiger partial charge in [-0.25, -0.2) is 0 Å². The lowest BCUT2D eigenvalue weighted by Crippen LogP contribution is -2.15. The molecule has 0 atom stereocenters. The van der Waals surface area contributed by atoms with Crippen molar-refractivity contribution in [2.45, 2.75) is 25.9 Å². The zero-order chi connectivity index (χ0) is 23.4. The van der Waals surface area contributed by atoms with Crippen molar-refractivity contribution >= 4 is 23.4 Å². The van der Waals surface area contributed by atoms with Crippen LogP contribution in [0.5, 0.6) is 5.75 Å². The number of aromatic nitrogens is 4. The Morgan fingerprint density at radius 3 is 2.55 bits per heavy atom. The highest BCUT2D eigenvalue weighted by atomic mass is 32.2. The molecule has 0 aliphatic rings. The highest BCUT2D eigenvalue weighted by Crippen LogP contribution is 2.30. The quantitative estimate of drug-likeness (QED) is 0.392. The Kier molecular flexibility index (Phi) is 6.74. The van der Waals surface area contributed by atoms with Crippen LogP contribution >= 0.6 is 11.8 Å². The molecule has 4 rings (SSSR count). The van der Waals surface area contributed by atoms with Crippen molar-refractivity contribution in [1.29, 1.82) is 0 Å². The van der Waals surface area contributed by atoms with Gasteiger partial charge in [-0.05, 0) is 62.2 Å². The molecule has 0 unspecified atom stereocenters. The fourth-order valence-electron chi connectivity index (χ4n) is 3.53. The summed E-state index contributed by atoms with van der Waals surface area (Å²) in [6, 6.07) is 17.6. The normalized spacial score (nSPS) is 10.8. The van der Waals surface area contributed by atoms with E-state index < -0.39 is 0 Å². The minimum Gasteiger partial charge on any atom is -0.495 e. The summed E-state index contributed by atoms with van der Waals surface area (Å²) in [6.07, 6.45) is 1.73. The van der Waals surface area contributed by atoms with Gasteiger partial charge in [0.2, 0.25) is 5.91 Å². The molecule has 0 fully saturated rings. The highest BCUT2D eigenvalue weighted by molar-refractivity contribution is 7.99. The second kappa shape index (κ2) is 9.87. The number of ether oxygens (including phenoxy) is 1. The van der Waals surface area contributed by atoms with Crippen LogP contribution in [0.25, 0.3) is 17.2 Å². The molecule has 2 aromatic heterocycles. The van der Waals surface area contributed by atoms with Gasteiger partial charge in [-0.15, -0.1) is 10.2 Å². The molecule has 0 bridgehead atoms. The minimum absolute atomic E-state index is 0.154. The van der Waals surface area contributed by atoms with Gasteiger partial charge in [0.1, 0.15) is 11.4 Å². The number of carbonyl (C=O) groups excluding carboxylic acids is 1. The Hall–Kier alpha value is -3.65. The predicted molar refractivity (Wildman–Crippen MR) is 131 cm³/mol. The summed E-state index contributed by atoms with van der Waals surface area (Å²) in [5.74, 6) is 1.27. The van der Waals surface area contributed by atoms with Crippen molar-refractivity contribution < 1.29 is 9.53 Å². The van der Waals surface area contributed by atoms with Gasteiger partial charge in [-0.1, -0.05) is 41.6 Å². The van der Waals surface area contributed by atoms with Crippen LogP contribution in [-0.2, 0) is 4.79 Å². The number of rotatable bonds is 7. The van der Waals surface area contributed by atoms with Crippen molar-refractivity contribution in [2.75, 3.05) is 18.2 Å². The number of pyridine rings is 1. The zero-order valence-corrected chi connectivity index (χ0v) is 19.8. The minimum atomic E-state index is -0.154. The van der Waals surface area contributed by atoms with Gasteiger partial charge in [-0.3, -0.25) is 14.3 Å². The van der Waals surface area contributed by atoms with E-state index in [9.17, 15) is 4.79 Å². The average molecular weight is 460 g/mol. The molecular weight excluding hydrogens is 434 g/mol. The number of benzene rings is 2. The Morgan fingerprint density at radius 2 is 1.82 bits per heavy atom. The SMILES string of the molecule is COc1ccc(C)cc1NC(=O)CSc1nnc(-c2ccccn2)n1-c1ccc(C)cc1C. The molecule has 0 spiro atoms. The first-order valence-corrected chi connectivity index (χ1v) is 11.5. The van der Waals surface area contributed by atoms with Crippen LogP contribution in [-0.4, -0.2) is 38.5 Å². The third-order valence-corrected chi connectivity index (χ3v) is 6.01. The molecule has 0 radical (unpaired) electrons. The molecular formula is C25H25N5O2S. The van der Waals surface area contributed by atoms with E-state index in [1.807, 2.05) is 54.0 Å². The Morgan fingerprint density at radius 1 is 1.03 bits per heavy atom. The molecule has 2 heterocycles. The lowest BCUT2D eigenvalue weighted by molar-refractivity contribution is -0.113. The number of carbonyl (C=O) groups is 1. The van der Waals surface area contributed by atoms with E-state index in [1.165, 1.54) is 17.3 Å². The lowest BCUT2D eigenvalue weighted by atomic mass is 10.1. The fraction of sp³-hybridized carbons (Fsp3) is 0.200. The Labute approximate surface area is 197 Å². The van der Waals surface area contributed by atoms with Crippen molar-refractivity contribution in [1.82, 2.24) is 19.7 Å². The largest absolute Gasteiger partial charge is 0.495 e. The van der Waals surface area contributed by atoms with Gasteiger partial charge in [0.05, 0.1) is 24.2 Å². The predicted octanol–water partition coefficient (Wildman–Crippen LogP) is 4.99. The number of amides is 1. The maximum absolute atomic E-state index is 12.7. The van der Waals surface area contributed by atoms with E-state index in [-0.39, 0.29) is 11.7 Å². The number of methoxy groups -OCH3 is 1. The Balaban J connectivity index is 1.62. The first-order valence-electron chi connectivity index (χ1n) is 10.5. The number of hydrogen-bond donors (Lipinski definition) is 1. The summed E-state index contributed by atoms with van der Waals surface area (Å²) >= 11 is 1.32. The zero-order valence-electron chi connectivity index (χ0n) is 19.0. The van der Waals surface area contributed by atoms with Crippen LogP contribution in [0.3, 0.4) is 0 Å². The van der Waals surface area contributed by atoms with E-state index in [4.69, 9.17) is 4.74 Å². The summed E-state index contributed by atoms with van der Waals surface area (Å²) in [7, 11) is 1.58. The van der Waals surface area contributed by atoms with Gasteiger partial charge in [0, 0.05) is 6.20 Å². The number of nitrogens with one attached hydrogen (secondary N) is 1. The number of hydrogen-bond acceptors (Lipinski definition) is 6. The standard InChI is InChI=1S/C25H25N5O2S/c1-16-8-10-21(18(3)13-16)30-24(19-7-5-6-12-26-19)28-29-25(30)33-15-23(31)27-20-14-17(2)9-11-22(20)32-4/h5-14H,15H2,1-4H3,(H,27,31). The van der Waals surface area contributed by atoms with E-state index >= 15 is 0 Å². The van der Waals surface area contributed by atoms with Gasteiger partial charge >= 0.3 is 0 Å². The smallest absolute Gasteiger partial charge is 0.234 e. The van der Waals surface area contributed by atoms with Gasteiger partial charge in [0.25, 0.3) is 0 Å². The second-order valence-electron chi connectivity index (χ2n) is 7.69. The molecule has 1 amide bonds. The van der Waals surface area contributed by atoms with Crippen LogP contribution in [0.2, 0.25) is 0 Å². The number of anilines is 1. The van der Waals surface area contributed by atoms with E-state index in [1.54, 1.807) is 13.3 Å². The van der Waals surface area contributed by atoms with Crippen molar-refractivity contribution in [3.05, 3.63) is 77.5 Å². The Bertz CT molecular complexity index is 1290. The van der Waals surface area contributed by atoms with E-state index in [0.29, 0.717) is 28.1 Å². The van der Waals surface area contributed by atoms with Crippen LogP contribution in [0.4, 0.5) is 5.69 Å². The van der Waals surface area contributed by atoms with E-state index in [0.717, 1.165) is 16.8 Å². The number of aryl methyl sites for hydroxylation is 3. The van der Waals surface area contributed by atoms with Crippen LogP contribution in [0.1, 0.15) is 16.7 Å². The van der Waals surface area contributed by atoms with Crippen molar-refractivity contribution in [3.8, 4) is 23.0 Å². The molecule has 0 aliphatic heterocycles. The fourth-order valence-corrected chi connectivity index (χ4v) is 4.28. The maximum Gasteiger partial charge on any atom is 0.234 e. The summed E-state index contributed by atoms with van der Waals surface area (Å²) in [5.41, 5.74) is 5.61. The van der Waals surface area contributed by atoms with Gasteiger partial charge < -0.3 is 10.1 Å². The summed E-state index contributed by atoms with van der Waals surface area (Å²) in [5, 5.41) is 12.3. The molecule has 0 aliphatic carbocycles. The van der Waals surface area contributed by atoms with Crippen molar-refractivity contribution in [2.24, 2.45) is 0 Å². The first kappa shape index (κ1) is 22.5. The number of thioether (sulfide) groups is 1. The van der Waals surface area contributed by atoms with Crippen LogP contribution in [0.15, 0.2) is 66.0 Å². The monoisotopic (exact) mass is 459 g/mol. The third kappa shape index (κ3) is 5.06. The molecule has 1 N–H and O–H groups in total. The van der Waals surface area contributed by atoms with Gasteiger partial charge in [0.15, 0.2) is 11.0 Å². The summed E-state index contributed by atoms with van der Waals surface area (Å²) < 4.78 is 7.32.